The Morgan fingerprint density at radius 2 is 2.10 bits per heavy atom. The first-order valence-electron chi connectivity index (χ1n) is 6.75. The van der Waals surface area contributed by atoms with Crippen molar-refractivity contribution >= 4 is 23.4 Å². The summed E-state index contributed by atoms with van der Waals surface area (Å²) in [4.78, 5) is 19.5. The molecule has 1 N–H and O–H groups in total. The molecule has 0 bridgehead atoms. The second-order valence-electron chi connectivity index (χ2n) is 5.10. The van der Waals surface area contributed by atoms with E-state index in [1.807, 2.05) is 9.80 Å². The molecule has 2 aliphatic heterocycles. The van der Waals surface area contributed by atoms with Gasteiger partial charge in [-0.3, -0.25) is 0 Å². The lowest BCUT2D eigenvalue weighted by Crippen LogP contribution is -2.46. The zero-order chi connectivity index (χ0) is 14.1. The van der Waals surface area contributed by atoms with E-state index >= 15 is 0 Å². The Morgan fingerprint density at radius 1 is 1.35 bits per heavy atom. The van der Waals surface area contributed by atoms with Gasteiger partial charge in [0.1, 0.15) is 0 Å². The van der Waals surface area contributed by atoms with E-state index < -0.39 is 5.82 Å². The van der Waals surface area contributed by atoms with Crippen molar-refractivity contribution in [2.45, 2.75) is 18.9 Å². The van der Waals surface area contributed by atoms with E-state index in [1.165, 1.54) is 12.3 Å². The normalized spacial score (nSPS) is 20.4. The topological polar surface area (TPSA) is 48.5 Å². The van der Waals surface area contributed by atoms with E-state index in [4.69, 9.17) is 11.6 Å². The Morgan fingerprint density at radius 3 is 2.70 bits per heavy atom. The van der Waals surface area contributed by atoms with Crippen LogP contribution in [0, 0.1) is 5.82 Å². The van der Waals surface area contributed by atoms with E-state index in [1.54, 1.807) is 0 Å². The monoisotopic (exact) mass is 298 g/mol. The summed E-state index contributed by atoms with van der Waals surface area (Å²) in [6.45, 7) is 2.86. The molecule has 7 heteroatoms. The molecule has 108 valence electrons. The third-order valence-electron chi connectivity index (χ3n) is 3.88. The van der Waals surface area contributed by atoms with Crippen LogP contribution in [0.3, 0.4) is 0 Å². The number of halogens is 2. The van der Waals surface area contributed by atoms with Crippen LogP contribution in [-0.2, 0) is 0 Å². The van der Waals surface area contributed by atoms with Gasteiger partial charge in [0.15, 0.2) is 11.6 Å². The molecule has 0 radical (unpaired) electrons. The fourth-order valence-electron chi connectivity index (χ4n) is 2.86. The Hall–Kier alpha value is -1.56. The number of aromatic nitrogens is 1. The number of amides is 2. The maximum atomic E-state index is 13.8. The predicted molar refractivity (Wildman–Crippen MR) is 74.5 cm³/mol. The van der Waals surface area contributed by atoms with Crippen LogP contribution in [-0.4, -0.2) is 48.1 Å². The molecule has 3 heterocycles. The first-order valence-corrected chi connectivity index (χ1v) is 7.13. The number of carbonyl (C=O) groups is 1. The molecule has 2 aliphatic rings. The van der Waals surface area contributed by atoms with Crippen molar-refractivity contribution < 1.29 is 9.18 Å². The number of nitrogens with one attached hydrogen (secondary N) is 1. The Balaban J connectivity index is 1.65. The first kappa shape index (κ1) is 13.4. The van der Waals surface area contributed by atoms with Gasteiger partial charge in [-0.15, -0.1) is 0 Å². The van der Waals surface area contributed by atoms with Gasteiger partial charge in [-0.25, -0.2) is 14.2 Å². The van der Waals surface area contributed by atoms with Gasteiger partial charge in [-0.1, -0.05) is 11.6 Å². The summed E-state index contributed by atoms with van der Waals surface area (Å²) in [5, 5.41) is 3.11. The highest BCUT2D eigenvalue weighted by atomic mass is 35.5. The number of carbonyl (C=O) groups excluding carboxylic acids is 1. The van der Waals surface area contributed by atoms with Crippen LogP contribution in [0.2, 0.25) is 5.02 Å². The molecule has 0 aliphatic carbocycles. The van der Waals surface area contributed by atoms with Gasteiger partial charge < -0.3 is 15.1 Å². The fraction of sp³-hybridized carbons (Fsp3) is 0.538. The molecular weight excluding hydrogens is 283 g/mol. The molecule has 2 amide bonds. The van der Waals surface area contributed by atoms with Crippen LogP contribution in [0.5, 0.6) is 0 Å². The quantitative estimate of drug-likeness (QED) is 0.907. The van der Waals surface area contributed by atoms with Crippen LogP contribution >= 0.6 is 11.6 Å². The number of hydrogen-bond donors (Lipinski definition) is 1. The predicted octanol–water partition coefficient (Wildman–Crippen LogP) is 1.87. The van der Waals surface area contributed by atoms with Gasteiger partial charge in [0, 0.05) is 38.4 Å². The maximum Gasteiger partial charge on any atom is 0.317 e. The highest BCUT2D eigenvalue weighted by Crippen LogP contribution is 2.25. The maximum absolute atomic E-state index is 13.8. The number of pyridine rings is 1. The summed E-state index contributed by atoms with van der Waals surface area (Å²) in [7, 11) is 0. The summed E-state index contributed by atoms with van der Waals surface area (Å²) < 4.78 is 13.8. The van der Waals surface area contributed by atoms with Crippen molar-refractivity contribution in [3.05, 3.63) is 23.1 Å². The lowest BCUT2D eigenvalue weighted by Gasteiger charge is -2.36. The van der Waals surface area contributed by atoms with Crippen molar-refractivity contribution in [1.29, 1.82) is 0 Å². The zero-order valence-corrected chi connectivity index (χ0v) is 11.7. The first-order chi connectivity index (χ1) is 9.65. The molecule has 2 saturated heterocycles. The van der Waals surface area contributed by atoms with E-state index in [2.05, 4.69) is 10.3 Å². The molecule has 0 aromatic carbocycles. The molecule has 2 fully saturated rings. The van der Waals surface area contributed by atoms with Gasteiger partial charge >= 0.3 is 6.03 Å². The van der Waals surface area contributed by atoms with Crippen molar-refractivity contribution in [3.63, 3.8) is 0 Å². The second-order valence-corrected chi connectivity index (χ2v) is 5.54. The molecule has 0 spiro atoms. The highest BCUT2D eigenvalue weighted by Gasteiger charge is 2.31. The van der Waals surface area contributed by atoms with E-state index in [0.29, 0.717) is 30.5 Å². The SMILES string of the molecule is O=C1NCCN1C1CCN(c2ncc(Cl)cc2F)CC1. The van der Waals surface area contributed by atoms with Crippen LogP contribution < -0.4 is 10.2 Å². The van der Waals surface area contributed by atoms with E-state index in [0.717, 1.165) is 19.4 Å². The van der Waals surface area contributed by atoms with Crippen molar-refractivity contribution in [2.24, 2.45) is 0 Å². The summed E-state index contributed by atoms with van der Waals surface area (Å²) in [5.41, 5.74) is 0. The molecule has 3 rings (SSSR count). The number of piperidine rings is 1. The van der Waals surface area contributed by atoms with E-state index in [9.17, 15) is 9.18 Å². The number of urea groups is 1. The van der Waals surface area contributed by atoms with Crippen molar-refractivity contribution in [3.8, 4) is 0 Å². The van der Waals surface area contributed by atoms with Gasteiger partial charge in [0.25, 0.3) is 0 Å². The molecule has 20 heavy (non-hydrogen) atoms. The third kappa shape index (κ3) is 2.52. The molecular formula is C13H16ClFN4O. The second kappa shape index (κ2) is 5.44. The van der Waals surface area contributed by atoms with Gasteiger partial charge in [0.05, 0.1) is 5.02 Å². The molecule has 0 unspecified atom stereocenters. The van der Waals surface area contributed by atoms with Gasteiger partial charge in [0.2, 0.25) is 0 Å². The Kier molecular flexibility index (Phi) is 3.65. The standard InChI is InChI=1S/C13H16ClFN4O/c14-9-7-11(15)12(17-8-9)18-4-1-10(2-5-18)19-6-3-16-13(19)20/h7-8,10H,1-6H2,(H,16,20). The lowest BCUT2D eigenvalue weighted by atomic mass is 10.0. The van der Waals surface area contributed by atoms with Crippen LogP contribution in [0.4, 0.5) is 15.0 Å². The average Bonchev–Trinajstić information content (AvgIpc) is 2.85. The Labute approximate surface area is 121 Å². The lowest BCUT2D eigenvalue weighted by molar-refractivity contribution is 0.186. The number of nitrogens with zero attached hydrogens (tertiary/aromatic N) is 3. The zero-order valence-electron chi connectivity index (χ0n) is 11.0. The van der Waals surface area contributed by atoms with Crippen LogP contribution in [0.1, 0.15) is 12.8 Å². The minimum absolute atomic E-state index is 0.0132. The minimum atomic E-state index is -0.394. The number of rotatable bonds is 2. The fourth-order valence-corrected chi connectivity index (χ4v) is 3.01. The van der Waals surface area contributed by atoms with Gasteiger partial charge in [-0.2, -0.15) is 0 Å². The van der Waals surface area contributed by atoms with Crippen molar-refractivity contribution in [1.82, 2.24) is 15.2 Å². The summed E-state index contributed by atoms with van der Waals surface area (Å²) in [6, 6.07) is 1.53. The van der Waals surface area contributed by atoms with Crippen LogP contribution in [0.15, 0.2) is 12.3 Å². The average molecular weight is 299 g/mol. The third-order valence-corrected chi connectivity index (χ3v) is 4.09. The summed E-state index contributed by atoms with van der Waals surface area (Å²) in [6.07, 6.45) is 3.12. The molecule has 1 aromatic heterocycles. The summed E-state index contributed by atoms with van der Waals surface area (Å²) in [5.74, 6) is -0.0476. The smallest absolute Gasteiger partial charge is 0.317 e. The van der Waals surface area contributed by atoms with Crippen molar-refractivity contribution in [2.75, 3.05) is 31.1 Å². The number of hydrogen-bond acceptors (Lipinski definition) is 3. The number of anilines is 1. The molecule has 0 atom stereocenters. The molecule has 5 nitrogen and oxygen atoms in total. The Bertz CT molecular complexity index is 519. The van der Waals surface area contributed by atoms with Gasteiger partial charge in [-0.05, 0) is 18.9 Å². The minimum Gasteiger partial charge on any atom is -0.354 e. The largest absolute Gasteiger partial charge is 0.354 e. The summed E-state index contributed by atoms with van der Waals surface area (Å²) >= 11 is 5.71. The molecule has 1 aromatic rings. The molecule has 0 saturated carbocycles. The van der Waals surface area contributed by atoms with Crippen LogP contribution in [0.25, 0.3) is 0 Å². The van der Waals surface area contributed by atoms with E-state index in [-0.39, 0.29) is 12.1 Å². The highest BCUT2D eigenvalue weighted by molar-refractivity contribution is 6.30.